The molecule has 3 amide bonds. The smallest absolute Gasteiger partial charge is 0.308 e. The van der Waals surface area contributed by atoms with Crippen molar-refractivity contribution < 1.29 is 19.3 Å². The third kappa shape index (κ3) is 5.59. The molecule has 1 N–H and O–H groups in total. The number of rotatable bonds is 6. The molecule has 4 aromatic rings. The highest BCUT2D eigenvalue weighted by Gasteiger charge is 2.56. The Morgan fingerprint density at radius 3 is 2.18 bits per heavy atom. The van der Waals surface area contributed by atoms with E-state index in [-0.39, 0.29) is 28.2 Å². The van der Waals surface area contributed by atoms with Gasteiger partial charge in [-0.15, -0.1) is 0 Å². The molecule has 2 unspecified atom stereocenters. The van der Waals surface area contributed by atoms with Crippen LogP contribution in [0.2, 0.25) is 0 Å². The molecule has 12 heteroatoms. The van der Waals surface area contributed by atoms with Crippen LogP contribution in [0.4, 0.5) is 17.1 Å². The molecule has 1 fully saturated rings. The maximum Gasteiger partial charge on any atom is 0.308 e. The zero-order valence-electron chi connectivity index (χ0n) is 25.0. The molecule has 2 aliphatic rings. The first-order valence-corrected chi connectivity index (χ1v) is 16.0. The van der Waals surface area contributed by atoms with Gasteiger partial charge >= 0.3 is 4.87 Å². The number of anilines is 2. The molecule has 2 aliphatic heterocycles. The van der Waals surface area contributed by atoms with Gasteiger partial charge in [-0.1, -0.05) is 85.8 Å². The quantitative estimate of drug-likeness (QED) is 0.158. The van der Waals surface area contributed by atoms with Crippen molar-refractivity contribution in [1.82, 2.24) is 4.57 Å². The fourth-order valence-corrected chi connectivity index (χ4v) is 8.54. The number of carbonyl (C=O) groups excluding carboxylic acids is 3. The van der Waals surface area contributed by atoms with E-state index in [1.54, 1.807) is 12.1 Å². The molecule has 0 saturated carbocycles. The molecule has 230 valence electrons. The third-order valence-corrected chi connectivity index (χ3v) is 10.7. The van der Waals surface area contributed by atoms with E-state index in [0.717, 1.165) is 44.7 Å². The SMILES string of the molecule is Cc1ccc(NC(=O)Cn2c3c(sc2=O)[C@H](c2ccc(C(C)(C)C)cc2)C2C(=O)N(c4ccc([N+](=O)[O-])cc4)C(=O)C2S3)cc1. The van der Waals surface area contributed by atoms with E-state index >= 15 is 0 Å². The summed E-state index contributed by atoms with van der Waals surface area (Å²) < 4.78 is 1.38. The number of aromatic nitrogens is 1. The van der Waals surface area contributed by atoms with Crippen LogP contribution >= 0.6 is 23.1 Å². The third-order valence-electron chi connectivity index (χ3n) is 8.14. The molecule has 0 bridgehead atoms. The number of nitro groups is 1. The molecule has 6 rings (SSSR count). The van der Waals surface area contributed by atoms with Gasteiger partial charge in [0.1, 0.15) is 11.8 Å². The second-order valence-corrected chi connectivity index (χ2v) is 14.4. The zero-order valence-corrected chi connectivity index (χ0v) is 26.6. The number of nitro benzene ring substituents is 1. The van der Waals surface area contributed by atoms with Crippen LogP contribution in [0.5, 0.6) is 0 Å². The summed E-state index contributed by atoms with van der Waals surface area (Å²) in [6.45, 7) is 7.98. The molecular weight excluding hydrogens is 613 g/mol. The van der Waals surface area contributed by atoms with Crippen molar-refractivity contribution in [1.29, 1.82) is 0 Å². The Labute approximate surface area is 267 Å². The van der Waals surface area contributed by atoms with Gasteiger partial charge in [-0.05, 0) is 47.7 Å². The molecule has 3 heterocycles. The normalized spacial score (nSPS) is 19.3. The lowest BCUT2D eigenvalue weighted by molar-refractivity contribution is -0.384. The number of hydrogen-bond acceptors (Lipinski definition) is 8. The van der Waals surface area contributed by atoms with Crippen molar-refractivity contribution in [2.75, 3.05) is 10.2 Å². The van der Waals surface area contributed by atoms with Gasteiger partial charge in [0.25, 0.3) is 5.69 Å². The van der Waals surface area contributed by atoms with Crippen LogP contribution in [-0.4, -0.2) is 32.5 Å². The molecule has 3 aromatic carbocycles. The lowest BCUT2D eigenvalue weighted by Crippen LogP contribution is -2.33. The van der Waals surface area contributed by atoms with Crippen LogP contribution in [0.15, 0.2) is 82.6 Å². The van der Waals surface area contributed by atoms with Gasteiger partial charge < -0.3 is 5.32 Å². The second kappa shape index (κ2) is 11.4. The molecule has 1 aromatic heterocycles. The Morgan fingerprint density at radius 2 is 1.58 bits per heavy atom. The highest BCUT2D eigenvalue weighted by Crippen LogP contribution is 2.54. The monoisotopic (exact) mass is 642 g/mol. The van der Waals surface area contributed by atoms with E-state index < -0.39 is 39.7 Å². The van der Waals surface area contributed by atoms with Gasteiger partial charge in [0.15, 0.2) is 0 Å². The van der Waals surface area contributed by atoms with Crippen molar-refractivity contribution in [3.8, 4) is 0 Å². The minimum atomic E-state index is -0.868. The van der Waals surface area contributed by atoms with Gasteiger partial charge in [0.05, 0.1) is 21.6 Å². The van der Waals surface area contributed by atoms with Crippen LogP contribution < -0.4 is 15.1 Å². The fourth-order valence-electron chi connectivity index (χ4n) is 5.76. The average molecular weight is 643 g/mol. The van der Waals surface area contributed by atoms with Crippen LogP contribution in [-0.2, 0) is 26.3 Å². The second-order valence-electron chi connectivity index (χ2n) is 12.2. The number of aryl methyl sites for hydroxylation is 1. The van der Waals surface area contributed by atoms with Crippen LogP contribution in [0.25, 0.3) is 0 Å². The van der Waals surface area contributed by atoms with Crippen molar-refractivity contribution in [3.05, 3.63) is 114 Å². The van der Waals surface area contributed by atoms with E-state index in [2.05, 4.69) is 26.1 Å². The number of imide groups is 1. The van der Waals surface area contributed by atoms with Gasteiger partial charge in [-0.25, -0.2) is 4.90 Å². The molecule has 10 nitrogen and oxygen atoms in total. The summed E-state index contributed by atoms with van der Waals surface area (Å²) in [6, 6.07) is 20.5. The maximum absolute atomic E-state index is 14.1. The molecule has 0 aliphatic carbocycles. The predicted molar refractivity (Wildman–Crippen MR) is 174 cm³/mol. The van der Waals surface area contributed by atoms with E-state index in [1.807, 2.05) is 43.3 Å². The van der Waals surface area contributed by atoms with Crippen molar-refractivity contribution in [3.63, 3.8) is 0 Å². The summed E-state index contributed by atoms with van der Waals surface area (Å²) in [5.41, 5.74) is 3.49. The van der Waals surface area contributed by atoms with E-state index in [0.29, 0.717) is 15.6 Å². The lowest BCUT2D eigenvalue weighted by Gasteiger charge is -2.31. The largest absolute Gasteiger partial charge is 0.325 e. The number of nitrogens with one attached hydrogen (secondary N) is 1. The summed E-state index contributed by atoms with van der Waals surface area (Å²) in [5.74, 6) is -2.74. The van der Waals surface area contributed by atoms with Crippen LogP contribution in [0.1, 0.15) is 48.3 Å². The number of benzene rings is 3. The lowest BCUT2D eigenvalue weighted by atomic mass is 9.81. The summed E-state index contributed by atoms with van der Waals surface area (Å²) in [7, 11) is 0. The topological polar surface area (TPSA) is 132 Å². The van der Waals surface area contributed by atoms with E-state index in [4.69, 9.17) is 0 Å². The Hall–Kier alpha value is -4.55. The zero-order chi connectivity index (χ0) is 32.2. The minimum Gasteiger partial charge on any atom is -0.325 e. The van der Waals surface area contributed by atoms with Gasteiger partial charge in [0.2, 0.25) is 17.7 Å². The van der Waals surface area contributed by atoms with Gasteiger partial charge in [-0.2, -0.15) is 0 Å². The Bertz CT molecular complexity index is 1890. The van der Waals surface area contributed by atoms with Crippen LogP contribution in [0.3, 0.4) is 0 Å². The van der Waals surface area contributed by atoms with Crippen molar-refractivity contribution >= 4 is 57.9 Å². The van der Waals surface area contributed by atoms with Crippen LogP contribution in [0, 0.1) is 23.0 Å². The number of nitrogens with zero attached hydrogens (tertiary/aromatic N) is 3. The highest BCUT2D eigenvalue weighted by atomic mass is 32.2. The number of hydrogen-bond donors (Lipinski definition) is 1. The van der Waals surface area contributed by atoms with Gasteiger partial charge in [-0.3, -0.25) is 33.9 Å². The first kappa shape index (κ1) is 30.5. The fraction of sp³-hybridized carbons (Fsp3) is 0.273. The summed E-state index contributed by atoms with van der Waals surface area (Å²) in [5, 5.41) is 13.6. The molecule has 45 heavy (non-hydrogen) atoms. The number of carbonyl (C=O) groups is 3. The van der Waals surface area contributed by atoms with E-state index in [1.165, 1.54) is 28.8 Å². The number of amides is 3. The number of non-ortho nitro benzene ring substituents is 1. The number of thioether (sulfide) groups is 1. The molecule has 3 atom stereocenters. The van der Waals surface area contributed by atoms with Gasteiger partial charge in [0, 0.05) is 28.6 Å². The maximum atomic E-state index is 14.1. The average Bonchev–Trinajstić information content (AvgIpc) is 3.44. The first-order chi connectivity index (χ1) is 21.3. The Balaban J connectivity index is 1.41. The number of fused-ring (bicyclic) bond motifs is 2. The summed E-state index contributed by atoms with van der Waals surface area (Å²) in [4.78, 5) is 66.6. The van der Waals surface area contributed by atoms with E-state index in [9.17, 15) is 29.3 Å². The number of thiazole rings is 1. The van der Waals surface area contributed by atoms with Crippen molar-refractivity contribution in [2.45, 2.75) is 55.8 Å². The standard InChI is InChI=1S/C33H30N4O6S2/c1-18-5-11-21(12-6-18)34-24(38)17-35-31-28(45-32(35)41)25(19-7-9-20(10-8-19)33(2,3)4)26-27(44-31)30(40)36(29(26)39)22-13-15-23(16-14-22)37(42)43/h5-16,25-27H,17H2,1-4H3,(H,34,38)/t25-,26?,27?/m1/s1. The summed E-state index contributed by atoms with van der Waals surface area (Å²) >= 11 is 2.11. The predicted octanol–water partition coefficient (Wildman–Crippen LogP) is 5.86. The molecule has 1 saturated heterocycles. The Morgan fingerprint density at radius 1 is 0.933 bits per heavy atom. The first-order valence-electron chi connectivity index (χ1n) is 14.3. The highest BCUT2D eigenvalue weighted by molar-refractivity contribution is 8.00. The molecule has 0 spiro atoms. The Kier molecular flexibility index (Phi) is 7.74. The molecule has 0 radical (unpaired) electrons. The van der Waals surface area contributed by atoms with Crippen molar-refractivity contribution in [2.24, 2.45) is 5.92 Å². The molecular formula is C33H30N4O6S2. The minimum absolute atomic E-state index is 0.112. The summed E-state index contributed by atoms with van der Waals surface area (Å²) in [6.07, 6.45) is 0.